The Hall–Kier alpha value is -5.46. The first-order chi connectivity index (χ1) is 23.0. The lowest BCUT2D eigenvalue weighted by Crippen LogP contribution is -2.35. The van der Waals surface area contributed by atoms with Gasteiger partial charge < -0.3 is 20.8 Å². The highest BCUT2D eigenvalue weighted by Gasteiger charge is 2.23. The molecule has 4 aromatic rings. The molecular weight excluding hydrogens is 612 g/mol. The van der Waals surface area contributed by atoms with Crippen LogP contribution in [0.5, 0.6) is 0 Å². The predicted octanol–water partition coefficient (Wildman–Crippen LogP) is 4.15. The van der Waals surface area contributed by atoms with E-state index in [1.54, 1.807) is 12.1 Å². The van der Waals surface area contributed by atoms with Gasteiger partial charge in [-0.15, -0.1) is 0 Å². The fraction of sp³-hybridized carbons (Fsp3) is 0.278. The third-order valence-electron chi connectivity index (χ3n) is 8.89. The Balaban J connectivity index is 1.16. The molecule has 0 bridgehead atoms. The Kier molecular flexibility index (Phi) is 9.28. The van der Waals surface area contributed by atoms with Crippen LogP contribution >= 0.6 is 0 Å². The largest absolute Gasteiger partial charge is 0.480 e. The first-order valence-corrected chi connectivity index (χ1v) is 15.7. The number of carbonyl (C=O) groups is 4. The highest BCUT2D eigenvalue weighted by molar-refractivity contribution is 6.05. The number of carboxylic acids is 2. The van der Waals surface area contributed by atoms with Gasteiger partial charge in [0.2, 0.25) is 0 Å². The summed E-state index contributed by atoms with van der Waals surface area (Å²) in [6.07, 6.45) is 1.14. The van der Waals surface area contributed by atoms with Crippen LogP contribution in [-0.4, -0.2) is 79.9 Å². The Bertz CT molecular complexity index is 1800. The molecule has 0 spiro atoms. The summed E-state index contributed by atoms with van der Waals surface area (Å²) in [6.45, 7) is 5.89. The number of carboxylic acid groups (broad SMARTS) is 2. The summed E-state index contributed by atoms with van der Waals surface area (Å²) < 4.78 is 0. The van der Waals surface area contributed by atoms with Crippen molar-refractivity contribution in [1.29, 1.82) is 0 Å². The third-order valence-corrected chi connectivity index (χ3v) is 8.89. The van der Waals surface area contributed by atoms with Crippen molar-refractivity contribution < 1.29 is 29.4 Å². The molecule has 0 atom stereocenters. The van der Waals surface area contributed by atoms with Gasteiger partial charge >= 0.3 is 11.9 Å². The highest BCUT2D eigenvalue weighted by atomic mass is 16.4. The molecule has 0 saturated heterocycles. The average Bonchev–Trinajstić information content (AvgIpc) is 3.05. The van der Waals surface area contributed by atoms with Gasteiger partial charge in [-0.2, -0.15) is 0 Å². The second-order valence-electron chi connectivity index (χ2n) is 12.2. The number of pyridine rings is 2. The van der Waals surface area contributed by atoms with Gasteiger partial charge in [0, 0.05) is 61.8 Å². The van der Waals surface area contributed by atoms with Crippen LogP contribution in [0.1, 0.15) is 54.6 Å². The zero-order chi connectivity index (χ0) is 33.9. The summed E-state index contributed by atoms with van der Waals surface area (Å²) in [7, 11) is 0. The van der Waals surface area contributed by atoms with E-state index < -0.39 is 11.9 Å². The van der Waals surface area contributed by atoms with E-state index in [9.17, 15) is 19.2 Å². The Morgan fingerprint density at radius 1 is 0.646 bits per heavy atom. The molecule has 12 nitrogen and oxygen atoms in total. The molecule has 2 aliphatic rings. The van der Waals surface area contributed by atoms with Crippen molar-refractivity contribution in [3.8, 4) is 11.1 Å². The fourth-order valence-electron chi connectivity index (χ4n) is 6.35. The van der Waals surface area contributed by atoms with Gasteiger partial charge in [0.1, 0.15) is 11.4 Å². The number of aliphatic carboxylic acids is 2. The molecule has 4 N–H and O–H groups in total. The molecule has 2 aliphatic heterocycles. The maximum atomic E-state index is 13.3. The van der Waals surface area contributed by atoms with E-state index >= 15 is 0 Å². The third kappa shape index (κ3) is 7.09. The van der Waals surface area contributed by atoms with Crippen molar-refractivity contribution >= 4 is 35.1 Å². The van der Waals surface area contributed by atoms with E-state index in [1.807, 2.05) is 72.2 Å². The molecule has 2 aromatic heterocycles. The standard InChI is InChI=1S/C36H36N6O6/c1-21-25(5-3-7-27(21)39-35(47)31-11-9-23-17-41(19-33(43)44)15-13-29(23)37-31)26-6-4-8-28(22(26)2)40-36(48)32-12-10-24-18-42(20-34(45)46)16-14-30(24)38-32/h3-12H,13-20H2,1-2H3,(H,39,47)(H,40,48)(H,43,44)(H,45,46). The first kappa shape index (κ1) is 32.5. The Morgan fingerprint density at radius 2 is 1.06 bits per heavy atom. The number of benzene rings is 2. The number of rotatable bonds is 9. The summed E-state index contributed by atoms with van der Waals surface area (Å²) in [5.41, 5.74) is 8.82. The Labute approximate surface area is 277 Å². The van der Waals surface area contributed by atoms with Crippen molar-refractivity contribution in [1.82, 2.24) is 19.8 Å². The van der Waals surface area contributed by atoms with Crippen molar-refractivity contribution in [2.24, 2.45) is 0 Å². The number of amides is 2. The summed E-state index contributed by atoms with van der Waals surface area (Å²) in [5.74, 6) is -2.42. The lowest BCUT2D eigenvalue weighted by molar-refractivity contribution is -0.139. The lowest BCUT2D eigenvalue weighted by Gasteiger charge is -2.26. The minimum atomic E-state index is -0.871. The van der Waals surface area contributed by atoms with E-state index in [-0.39, 0.29) is 24.9 Å². The van der Waals surface area contributed by atoms with Gasteiger partial charge in [0.25, 0.3) is 11.8 Å². The van der Waals surface area contributed by atoms with Gasteiger partial charge in [-0.05, 0) is 71.5 Å². The van der Waals surface area contributed by atoms with Crippen LogP contribution in [0.15, 0.2) is 60.7 Å². The number of hydrogen-bond acceptors (Lipinski definition) is 8. The SMILES string of the molecule is Cc1c(NC(=O)c2ccc3c(n2)CCN(CC(=O)O)C3)cccc1-c1cccc(NC(=O)c2ccc3c(n2)CCN(CC(=O)O)C3)c1C. The number of aromatic nitrogens is 2. The van der Waals surface area contributed by atoms with Crippen LogP contribution < -0.4 is 10.6 Å². The molecule has 0 unspecified atom stereocenters. The summed E-state index contributed by atoms with van der Waals surface area (Å²) >= 11 is 0. The lowest BCUT2D eigenvalue weighted by atomic mass is 9.94. The van der Waals surface area contributed by atoms with Crippen LogP contribution in [0, 0.1) is 13.8 Å². The maximum Gasteiger partial charge on any atom is 0.317 e. The van der Waals surface area contributed by atoms with Crippen LogP contribution in [-0.2, 0) is 35.5 Å². The minimum Gasteiger partial charge on any atom is -0.480 e. The predicted molar refractivity (Wildman–Crippen MR) is 179 cm³/mol. The molecule has 0 aliphatic carbocycles. The quantitative estimate of drug-likeness (QED) is 0.207. The van der Waals surface area contributed by atoms with E-state index in [0.717, 1.165) is 44.8 Å². The molecule has 246 valence electrons. The van der Waals surface area contributed by atoms with Gasteiger partial charge in [-0.25, -0.2) is 9.97 Å². The number of nitrogens with one attached hydrogen (secondary N) is 2. The number of hydrogen-bond donors (Lipinski definition) is 4. The molecule has 0 radical (unpaired) electrons. The van der Waals surface area contributed by atoms with E-state index in [2.05, 4.69) is 20.6 Å². The number of fused-ring (bicyclic) bond motifs is 2. The second kappa shape index (κ2) is 13.7. The monoisotopic (exact) mass is 648 g/mol. The zero-order valence-corrected chi connectivity index (χ0v) is 26.7. The molecule has 2 amide bonds. The molecule has 2 aromatic carbocycles. The minimum absolute atomic E-state index is 0.0320. The zero-order valence-electron chi connectivity index (χ0n) is 26.7. The summed E-state index contributed by atoms with van der Waals surface area (Å²) in [6, 6.07) is 18.4. The maximum absolute atomic E-state index is 13.3. The average molecular weight is 649 g/mol. The van der Waals surface area contributed by atoms with E-state index in [4.69, 9.17) is 10.2 Å². The van der Waals surface area contributed by atoms with Crippen molar-refractivity contribution in [2.75, 3.05) is 36.8 Å². The second-order valence-corrected chi connectivity index (χ2v) is 12.2. The van der Waals surface area contributed by atoms with E-state index in [0.29, 0.717) is 61.8 Å². The topological polar surface area (TPSA) is 165 Å². The van der Waals surface area contributed by atoms with Gasteiger partial charge in [-0.3, -0.25) is 29.0 Å². The van der Waals surface area contributed by atoms with Gasteiger partial charge in [-0.1, -0.05) is 36.4 Å². The Morgan fingerprint density at radius 3 is 1.46 bits per heavy atom. The number of nitrogens with zero attached hydrogens (tertiary/aromatic N) is 4. The smallest absolute Gasteiger partial charge is 0.317 e. The molecular formula is C36H36N6O6. The normalized spacial score (nSPS) is 14.5. The summed E-state index contributed by atoms with van der Waals surface area (Å²) in [5, 5.41) is 24.2. The first-order valence-electron chi connectivity index (χ1n) is 15.7. The summed E-state index contributed by atoms with van der Waals surface area (Å²) in [4.78, 5) is 61.7. The molecule has 4 heterocycles. The molecule has 0 fully saturated rings. The molecule has 6 rings (SSSR count). The van der Waals surface area contributed by atoms with Crippen molar-refractivity contribution in [3.05, 3.63) is 106 Å². The van der Waals surface area contributed by atoms with Crippen LogP contribution in [0.25, 0.3) is 11.1 Å². The van der Waals surface area contributed by atoms with Crippen molar-refractivity contribution in [3.63, 3.8) is 0 Å². The van der Waals surface area contributed by atoms with Gasteiger partial charge in [0.05, 0.1) is 13.1 Å². The van der Waals surface area contributed by atoms with Gasteiger partial charge in [0.15, 0.2) is 0 Å². The van der Waals surface area contributed by atoms with Crippen LogP contribution in [0.2, 0.25) is 0 Å². The molecule has 48 heavy (non-hydrogen) atoms. The van der Waals surface area contributed by atoms with Crippen LogP contribution in [0.4, 0.5) is 11.4 Å². The highest BCUT2D eigenvalue weighted by Crippen LogP contribution is 2.34. The fourth-order valence-corrected chi connectivity index (χ4v) is 6.35. The molecule has 12 heteroatoms. The van der Waals surface area contributed by atoms with Crippen LogP contribution in [0.3, 0.4) is 0 Å². The number of anilines is 2. The van der Waals surface area contributed by atoms with Crippen molar-refractivity contribution in [2.45, 2.75) is 39.8 Å². The molecule has 0 saturated carbocycles. The van der Waals surface area contributed by atoms with E-state index in [1.165, 1.54) is 0 Å². The number of carbonyl (C=O) groups excluding carboxylic acids is 2.